The van der Waals surface area contributed by atoms with Crippen LogP contribution in [0.1, 0.15) is 0 Å². The number of hydrogen-bond acceptors (Lipinski definition) is 3. The third kappa shape index (κ3) is 1.73. The molecule has 0 radical (unpaired) electrons. The minimum absolute atomic E-state index is 0.500. The molecule has 5 heteroatoms. The third-order valence-electron chi connectivity index (χ3n) is 1.50. The highest BCUT2D eigenvalue weighted by Gasteiger charge is 2.15. The quantitative estimate of drug-likeness (QED) is 0.684. The Morgan fingerprint density at radius 1 is 1.31 bits per heavy atom. The molecule has 0 saturated carbocycles. The average molecular weight is 234 g/mol. The van der Waals surface area contributed by atoms with Crippen molar-refractivity contribution in [3.05, 3.63) is 39.9 Å². The van der Waals surface area contributed by atoms with Crippen LogP contribution in [-0.4, -0.2) is 0 Å². The number of halogens is 2. The maximum Gasteiger partial charge on any atom is 0.128 e. The van der Waals surface area contributed by atoms with Crippen molar-refractivity contribution in [2.75, 3.05) is 4.47 Å². The molecule has 0 fully saturated rings. The van der Waals surface area contributed by atoms with Gasteiger partial charge in [-0.15, -0.1) is 4.47 Å². The molecule has 68 valence electrons. The first-order valence-electron chi connectivity index (χ1n) is 3.52. The van der Waals surface area contributed by atoms with Crippen LogP contribution < -0.4 is 4.47 Å². The van der Waals surface area contributed by atoms with Gasteiger partial charge >= 0.3 is 0 Å². The van der Waals surface area contributed by atoms with Crippen molar-refractivity contribution < 1.29 is 4.84 Å². The van der Waals surface area contributed by atoms with Gasteiger partial charge in [0, 0.05) is 17.4 Å². The monoisotopic (exact) mass is 233 g/mol. The molecule has 0 unspecified atom stereocenters. The van der Waals surface area contributed by atoms with Gasteiger partial charge < -0.3 is 4.84 Å². The molecule has 1 aromatic carbocycles. The molecule has 2 nitrogen and oxygen atoms in total. The van der Waals surface area contributed by atoms with Gasteiger partial charge in [0.05, 0.1) is 10.0 Å². The zero-order valence-electron chi connectivity index (χ0n) is 6.41. The predicted octanol–water partition coefficient (Wildman–Crippen LogP) is 3.86. The van der Waals surface area contributed by atoms with Gasteiger partial charge in [-0.05, 0) is 12.1 Å². The SMILES string of the molecule is Clc1cccc(N2OC=CS2)c1Cl. The van der Waals surface area contributed by atoms with Gasteiger partial charge in [-0.3, -0.25) is 0 Å². The van der Waals surface area contributed by atoms with Crippen molar-refractivity contribution in [1.82, 2.24) is 0 Å². The van der Waals surface area contributed by atoms with Crippen LogP contribution in [-0.2, 0) is 4.84 Å². The van der Waals surface area contributed by atoms with E-state index in [9.17, 15) is 0 Å². The van der Waals surface area contributed by atoms with Gasteiger partial charge in [-0.2, -0.15) is 0 Å². The van der Waals surface area contributed by atoms with Crippen molar-refractivity contribution in [3.63, 3.8) is 0 Å². The van der Waals surface area contributed by atoms with Crippen molar-refractivity contribution in [1.29, 1.82) is 0 Å². The minimum atomic E-state index is 0.500. The van der Waals surface area contributed by atoms with Crippen LogP contribution >= 0.6 is 35.1 Å². The second-order valence-electron chi connectivity index (χ2n) is 2.31. The fourth-order valence-corrected chi connectivity index (χ4v) is 1.93. The molecular weight excluding hydrogens is 229 g/mol. The van der Waals surface area contributed by atoms with Gasteiger partial charge in [-0.25, -0.2) is 0 Å². The lowest BCUT2D eigenvalue weighted by Gasteiger charge is -2.15. The number of hydrogen-bond donors (Lipinski definition) is 0. The summed E-state index contributed by atoms with van der Waals surface area (Å²) in [5, 5.41) is 2.84. The molecule has 2 rings (SSSR count). The van der Waals surface area contributed by atoms with Crippen LogP contribution in [0.2, 0.25) is 10.0 Å². The highest BCUT2D eigenvalue weighted by Crippen LogP contribution is 2.37. The molecule has 0 bridgehead atoms. The average Bonchev–Trinajstić information content (AvgIpc) is 2.62. The Kier molecular flexibility index (Phi) is 2.58. The minimum Gasteiger partial charge on any atom is -0.376 e. The molecule has 0 N–H and O–H groups in total. The van der Waals surface area contributed by atoms with E-state index in [1.54, 1.807) is 16.8 Å². The summed E-state index contributed by atoms with van der Waals surface area (Å²) in [6.07, 6.45) is 1.59. The first-order chi connectivity index (χ1) is 6.29. The van der Waals surface area contributed by atoms with E-state index in [-0.39, 0.29) is 0 Å². The molecular formula is C8H5Cl2NOS. The molecule has 1 heterocycles. The highest BCUT2D eigenvalue weighted by molar-refractivity contribution is 8.03. The highest BCUT2D eigenvalue weighted by atomic mass is 35.5. The summed E-state index contributed by atoms with van der Waals surface area (Å²) in [7, 11) is 0. The number of anilines is 1. The summed E-state index contributed by atoms with van der Waals surface area (Å²) in [6, 6.07) is 5.40. The fraction of sp³-hybridized carbons (Fsp3) is 0. The fourth-order valence-electron chi connectivity index (χ4n) is 0.932. The van der Waals surface area contributed by atoms with E-state index >= 15 is 0 Å². The zero-order chi connectivity index (χ0) is 9.26. The molecule has 0 spiro atoms. The summed E-state index contributed by atoms with van der Waals surface area (Å²) in [5.74, 6) is 0. The van der Waals surface area contributed by atoms with Crippen LogP contribution in [0.5, 0.6) is 0 Å². The Labute approximate surface area is 90.2 Å². The lowest BCUT2D eigenvalue weighted by molar-refractivity contribution is 0.289. The Balaban J connectivity index is 2.34. The Bertz CT molecular complexity index is 348. The molecule has 0 amide bonds. The van der Waals surface area contributed by atoms with Crippen LogP contribution in [0.25, 0.3) is 0 Å². The maximum absolute atomic E-state index is 5.98. The van der Waals surface area contributed by atoms with E-state index in [0.29, 0.717) is 10.0 Å². The summed E-state index contributed by atoms with van der Waals surface area (Å²) in [5.41, 5.74) is 0.754. The normalized spacial score (nSPS) is 14.8. The number of rotatable bonds is 1. The zero-order valence-corrected chi connectivity index (χ0v) is 8.73. The van der Waals surface area contributed by atoms with E-state index in [1.165, 1.54) is 11.9 Å². The third-order valence-corrected chi connectivity index (χ3v) is 3.01. The first-order valence-corrected chi connectivity index (χ1v) is 5.11. The van der Waals surface area contributed by atoms with Crippen LogP contribution in [0, 0.1) is 0 Å². The van der Waals surface area contributed by atoms with E-state index in [2.05, 4.69) is 0 Å². The molecule has 13 heavy (non-hydrogen) atoms. The maximum atomic E-state index is 5.98. The predicted molar refractivity (Wildman–Crippen MR) is 56.8 cm³/mol. The summed E-state index contributed by atoms with van der Waals surface area (Å²) >= 11 is 13.2. The molecule has 0 aromatic heterocycles. The van der Waals surface area contributed by atoms with Gasteiger partial charge in [0.15, 0.2) is 0 Å². The van der Waals surface area contributed by atoms with E-state index in [1.807, 2.05) is 17.5 Å². The molecule has 0 aliphatic carbocycles. The Hall–Kier alpha value is -0.510. The van der Waals surface area contributed by atoms with E-state index in [0.717, 1.165) is 5.69 Å². The van der Waals surface area contributed by atoms with Crippen molar-refractivity contribution in [2.24, 2.45) is 0 Å². The topological polar surface area (TPSA) is 12.5 Å². The van der Waals surface area contributed by atoms with E-state index < -0.39 is 0 Å². The molecule has 1 aliphatic heterocycles. The molecule has 0 saturated heterocycles. The molecule has 1 aliphatic rings. The van der Waals surface area contributed by atoms with Crippen LogP contribution in [0.4, 0.5) is 5.69 Å². The van der Waals surface area contributed by atoms with Crippen molar-refractivity contribution >= 4 is 40.8 Å². The smallest absolute Gasteiger partial charge is 0.128 e. The van der Waals surface area contributed by atoms with Gasteiger partial charge in [0.2, 0.25) is 0 Å². The summed E-state index contributed by atoms with van der Waals surface area (Å²) in [6.45, 7) is 0. The van der Waals surface area contributed by atoms with Crippen LogP contribution in [0.3, 0.4) is 0 Å². The van der Waals surface area contributed by atoms with Crippen molar-refractivity contribution in [3.8, 4) is 0 Å². The number of benzene rings is 1. The largest absolute Gasteiger partial charge is 0.376 e. The van der Waals surface area contributed by atoms with Gasteiger partial charge in [-0.1, -0.05) is 29.3 Å². The van der Waals surface area contributed by atoms with E-state index in [4.69, 9.17) is 28.0 Å². The standard InChI is InChI=1S/C8H5Cl2NOS/c9-6-2-1-3-7(8(6)10)11-12-4-5-13-11/h1-5H. The second kappa shape index (κ2) is 3.70. The molecule has 1 aromatic rings. The first kappa shape index (κ1) is 9.06. The Morgan fingerprint density at radius 3 is 2.85 bits per heavy atom. The number of nitrogens with zero attached hydrogens (tertiary/aromatic N) is 1. The summed E-state index contributed by atoms with van der Waals surface area (Å²) < 4.78 is 1.59. The molecule has 0 atom stereocenters. The van der Waals surface area contributed by atoms with Crippen LogP contribution in [0.15, 0.2) is 29.9 Å². The van der Waals surface area contributed by atoms with Gasteiger partial charge in [0.25, 0.3) is 0 Å². The summed E-state index contributed by atoms with van der Waals surface area (Å²) in [4.78, 5) is 5.15. The second-order valence-corrected chi connectivity index (χ2v) is 3.91. The lowest BCUT2D eigenvalue weighted by Crippen LogP contribution is -2.06. The van der Waals surface area contributed by atoms with Gasteiger partial charge in [0.1, 0.15) is 11.9 Å². The van der Waals surface area contributed by atoms with Crippen molar-refractivity contribution in [2.45, 2.75) is 0 Å². The lowest BCUT2D eigenvalue weighted by atomic mass is 10.3. The Morgan fingerprint density at radius 2 is 2.15 bits per heavy atom.